The van der Waals surface area contributed by atoms with Gasteiger partial charge in [0.15, 0.2) is 0 Å². The zero-order valence-electron chi connectivity index (χ0n) is 15.6. The van der Waals surface area contributed by atoms with E-state index in [0.29, 0.717) is 18.7 Å². The van der Waals surface area contributed by atoms with E-state index < -0.39 is 6.17 Å². The van der Waals surface area contributed by atoms with Crippen LogP contribution in [0.25, 0.3) is 16.8 Å². The highest BCUT2D eigenvalue weighted by molar-refractivity contribution is 6.01. The minimum Gasteiger partial charge on any atom is -0.351 e. The second-order valence-corrected chi connectivity index (χ2v) is 7.52. The SMILES string of the molecule is O=C(c1cnn2c(-c3ccnc(N4CC(F)C4)c3)cccc12)N1CCCCC1. The average molecular weight is 379 g/mol. The molecule has 28 heavy (non-hydrogen) atoms. The van der Waals surface area contributed by atoms with E-state index in [9.17, 15) is 9.18 Å². The van der Waals surface area contributed by atoms with Gasteiger partial charge in [-0.1, -0.05) is 6.07 Å². The number of halogens is 1. The predicted octanol–water partition coefficient (Wildman–Crippen LogP) is 3.18. The Bertz CT molecular complexity index is 1020. The molecule has 2 aliphatic rings. The Morgan fingerprint density at radius 1 is 1.11 bits per heavy atom. The monoisotopic (exact) mass is 379 g/mol. The molecule has 0 atom stereocenters. The first-order chi connectivity index (χ1) is 13.7. The van der Waals surface area contributed by atoms with Gasteiger partial charge in [-0.3, -0.25) is 4.79 Å². The van der Waals surface area contributed by atoms with Crippen molar-refractivity contribution >= 4 is 17.2 Å². The zero-order valence-corrected chi connectivity index (χ0v) is 15.6. The summed E-state index contributed by atoms with van der Waals surface area (Å²) in [5.74, 6) is 0.817. The molecule has 3 aromatic rings. The first-order valence-corrected chi connectivity index (χ1v) is 9.82. The van der Waals surface area contributed by atoms with Crippen LogP contribution < -0.4 is 4.90 Å². The number of piperidine rings is 1. The highest BCUT2D eigenvalue weighted by atomic mass is 19.1. The predicted molar refractivity (Wildman–Crippen MR) is 105 cm³/mol. The third kappa shape index (κ3) is 2.91. The van der Waals surface area contributed by atoms with E-state index in [0.717, 1.165) is 48.5 Å². The molecule has 2 fully saturated rings. The van der Waals surface area contributed by atoms with Crippen LogP contribution in [0.4, 0.5) is 10.2 Å². The number of nitrogens with zero attached hydrogens (tertiary/aromatic N) is 5. The molecule has 0 unspecified atom stereocenters. The summed E-state index contributed by atoms with van der Waals surface area (Å²) in [4.78, 5) is 21.2. The van der Waals surface area contributed by atoms with Crippen molar-refractivity contribution < 1.29 is 9.18 Å². The van der Waals surface area contributed by atoms with Crippen LogP contribution >= 0.6 is 0 Å². The lowest BCUT2D eigenvalue weighted by Crippen LogP contribution is -2.48. The van der Waals surface area contributed by atoms with Crippen molar-refractivity contribution in [3.8, 4) is 11.3 Å². The van der Waals surface area contributed by atoms with Gasteiger partial charge in [-0.15, -0.1) is 0 Å². The number of carbonyl (C=O) groups excluding carboxylic acids is 1. The molecule has 2 aliphatic heterocycles. The lowest BCUT2D eigenvalue weighted by molar-refractivity contribution is 0.0726. The van der Waals surface area contributed by atoms with Crippen molar-refractivity contribution in [2.24, 2.45) is 0 Å². The van der Waals surface area contributed by atoms with E-state index in [1.807, 2.05) is 44.6 Å². The summed E-state index contributed by atoms with van der Waals surface area (Å²) in [6, 6.07) is 9.72. The fourth-order valence-electron chi connectivity index (χ4n) is 4.02. The molecule has 0 spiro atoms. The van der Waals surface area contributed by atoms with Crippen LogP contribution in [-0.2, 0) is 0 Å². The van der Waals surface area contributed by atoms with Gasteiger partial charge in [0.2, 0.25) is 0 Å². The Morgan fingerprint density at radius 2 is 1.93 bits per heavy atom. The van der Waals surface area contributed by atoms with E-state index in [-0.39, 0.29) is 5.91 Å². The number of alkyl halides is 1. The molecule has 0 N–H and O–H groups in total. The summed E-state index contributed by atoms with van der Waals surface area (Å²) < 4.78 is 15.0. The molecular weight excluding hydrogens is 357 g/mol. The van der Waals surface area contributed by atoms with E-state index in [1.54, 1.807) is 12.4 Å². The number of hydrogen-bond acceptors (Lipinski definition) is 4. The Morgan fingerprint density at radius 3 is 2.71 bits per heavy atom. The lowest BCUT2D eigenvalue weighted by Gasteiger charge is -2.35. The normalized spacial score (nSPS) is 17.8. The molecule has 144 valence electrons. The molecule has 2 saturated heterocycles. The number of hydrogen-bond donors (Lipinski definition) is 0. The van der Waals surface area contributed by atoms with Crippen molar-refractivity contribution in [2.45, 2.75) is 25.4 Å². The fraction of sp³-hybridized carbons (Fsp3) is 0.381. The van der Waals surface area contributed by atoms with E-state index in [4.69, 9.17) is 0 Å². The van der Waals surface area contributed by atoms with Gasteiger partial charge in [-0.05, 0) is 43.5 Å². The maximum absolute atomic E-state index is 13.2. The molecule has 6 nitrogen and oxygen atoms in total. The first kappa shape index (κ1) is 17.2. The molecule has 0 radical (unpaired) electrons. The topological polar surface area (TPSA) is 53.7 Å². The average Bonchev–Trinajstić information content (AvgIpc) is 3.16. The maximum atomic E-state index is 13.2. The molecule has 7 heteroatoms. The van der Waals surface area contributed by atoms with Gasteiger partial charge in [0.1, 0.15) is 12.0 Å². The zero-order chi connectivity index (χ0) is 19.1. The van der Waals surface area contributed by atoms with Crippen molar-refractivity contribution in [3.05, 3.63) is 48.3 Å². The molecule has 3 aromatic heterocycles. The Hall–Kier alpha value is -2.96. The van der Waals surface area contributed by atoms with E-state index >= 15 is 0 Å². The molecule has 0 aliphatic carbocycles. The Balaban J connectivity index is 1.50. The van der Waals surface area contributed by atoms with Gasteiger partial charge >= 0.3 is 0 Å². The third-order valence-corrected chi connectivity index (χ3v) is 5.62. The summed E-state index contributed by atoms with van der Waals surface area (Å²) in [7, 11) is 0. The minimum absolute atomic E-state index is 0.0526. The van der Waals surface area contributed by atoms with Gasteiger partial charge in [-0.2, -0.15) is 5.10 Å². The quantitative estimate of drug-likeness (QED) is 0.701. The lowest BCUT2D eigenvalue weighted by atomic mass is 10.1. The van der Waals surface area contributed by atoms with Crippen molar-refractivity contribution in [3.63, 3.8) is 0 Å². The van der Waals surface area contributed by atoms with E-state index in [1.165, 1.54) is 6.42 Å². The number of rotatable bonds is 3. The van der Waals surface area contributed by atoms with Crippen molar-refractivity contribution in [1.82, 2.24) is 19.5 Å². The van der Waals surface area contributed by atoms with Crippen LogP contribution in [0, 0.1) is 0 Å². The van der Waals surface area contributed by atoms with Crippen molar-refractivity contribution in [2.75, 3.05) is 31.1 Å². The number of anilines is 1. The molecule has 5 rings (SSSR count). The summed E-state index contributed by atoms with van der Waals surface area (Å²) in [5, 5.41) is 4.51. The number of aromatic nitrogens is 3. The highest BCUT2D eigenvalue weighted by Crippen LogP contribution is 2.28. The molecule has 0 aromatic carbocycles. The summed E-state index contributed by atoms with van der Waals surface area (Å²) in [6.07, 6.45) is 5.94. The van der Waals surface area contributed by atoms with Crippen LogP contribution in [0.1, 0.15) is 29.6 Å². The van der Waals surface area contributed by atoms with Gasteiger partial charge in [0.25, 0.3) is 5.91 Å². The fourth-order valence-corrected chi connectivity index (χ4v) is 4.02. The Kier molecular flexibility index (Phi) is 4.22. The molecular formula is C21H22FN5O. The maximum Gasteiger partial charge on any atom is 0.257 e. The second kappa shape index (κ2) is 6.89. The number of likely N-dealkylation sites (tertiary alicyclic amines) is 1. The molecule has 0 saturated carbocycles. The summed E-state index contributed by atoms with van der Waals surface area (Å²) in [5.41, 5.74) is 3.27. The highest BCUT2D eigenvalue weighted by Gasteiger charge is 2.27. The van der Waals surface area contributed by atoms with Gasteiger partial charge < -0.3 is 9.80 Å². The number of amides is 1. The van der Waals surface area contributed by atoms with Crippen LogP contribution in [0.15, 0.2) is 42.7 Å². The Labute approximate surface area is 162 Å². The smallest absolute Gasteiger partial charge is 0.257 e. The second-order valence-electron chi connectivity index (χ2n) is 7.52. The van der Waals surface area contributed by atoms with Gasteiger partial charge in [-0.25, -0.2) is 13.9 Å². The van der Waals surface area contributed by atoms with Crippen molar-refractivity contribution in [1.29, 1.82) is 0 Å². The number of carbonyl (C=O) groups is 1. The standard InChI is InChI=1S/C21H22FN5O/c22-16-13-26(14-16)20-11-15(7-8-23-20)18-5-4-6-19-17(12-24-27(18)19)21(28)25-9-2-1-3-10-25/h4-8,11-12,16H,1-3,9-10,13-14H2. The van der Waals surface area contributed by atoms with Gasteiger partial charge in [0.05, 0.1) is 36.1 Å². The van der Waals surface area contributed by atoms with E-state index in [2.05, 4.69) is 10.1 Å². The first-order valence-electron chi connectivity index (χ1n) is 9.82. The van der Waals surface area contributed by atoms with Crippen LogP contribution in [0.5, 0.6) is 0 Å². The largest absolute Gasteiger partial charge is 0.351 e. The molecule has 5 heterocycles. The summed E-state index contributed by atoms with van der Waals surface area (Å²) in [6.45, 7) is 2.40. The minimum atomic E-state index is -0.775. The van der Waals surface area contributed by atoms with Crippen LogP contribution in [-0.4, -0.2) is 57.8 Å². The van der Waals surface area contributed by atoms with Gasteiger partial charge in [0, 0.05) is 24.8 Å². The van der Waals surface area contributed by atoms with Crippen LogP contribution in [0.2, 0.25) is 0 Å². The molecule has 0 bridgehead atoms. The van der Waals surface area contributed by atoms with Crippen LogP contribution in [0.3, 0.4) is 0 Å². The third-order valence-electron chi connectivity index (χ3n) is 5.62. The summed E-state index contributed by atoms with van der Waals surface area (Å²) >= 11 is 0. The molecule has 1 amide bonds. The number of pyridine rings is 2. The number of fused-ring (bicyclic) bond motifs is 1.